The molecule has 140 valence electrons. The van der Waals surface area contributed by atoms with Crippen LogP contribution in [0.2, 0.25) is 0 Å². The molecule has 1 saturated heterocycles. The lowest BCUT2D eigenvalue weighted by Gasteiger charge is -2.38. The molecular formula is C18H28N2O5. The topological polar surface area (TPSA) is 69.3 Å². The molecule has 1 fully saturated rings. The summed E-state index contributed by atoms with van der Waals surface area (Å²) >= 11 is 0. The molecule has 25 heavy (non-hydrogen) atoms. The lowest BCUT2D eigenvalue weighted by atomic mass is 10.0. The largest absolute Gasteiger partial charge is 0.496 e. The van der Waals surface area contributed by atoms with Gasteiger partial charge in [0, 0.05) is 31.3 Å². The van der Waals surface area contributed by atoms with Crippen molar-refractivity contribution in [3.63, 3.8) is 0 Å². The number of hydrogen-bond acceptors (Lipinski definition) is 6. The number of rotatable bonds is 4. The van der Waals surface area contributed by atoms with Gasteiger partial charge in [0.15, 0.2) is 11.5 Å². The Bertz CT molecular complexity index is 612. The fraction of sp³-hybridized carbons (Fsp3) is 0.611. The third-order valence-corrected chi connectivity index (χ3v) is 3.97. The molecule has 0 bridgehead atoms. The van der Waals surface area contributed by atoms with Crippen molar-refractivity contribution in [2.75, 3.05) is 41.0 Å². The number of nitrogens with one attached hydrogen (secondary N) is 1. The fourth-order valence-corrected chi connectivity index (χ4v) is 2.83. The van der Waals surface area contributed by atoms with E-state index in [1.54, 1.807) is 32.3 Å². The molecule has 0 spiro atoms. The molecular weight excluding hydrogens is 324 g/mol. The lowest BCUT2D eigenvalue weighted by Crippen LogP contribution is -2.50. The highest BCUT2D eigenvalue weighted by Crippen LogP contribution is 2.39. The van der Waals surface area contributed by atoms with Crippen LogP contribution < -0.4 is 19.5 Å². The van der Waals surface area contributed by atoms with E-state index in [0.717, 1.165) is 5.56 Å². The Morgan fingerprint density at radius 1 is 1.08 bits per heavy atom. The Morgan fingerprint density at radius 2 is 1.68 bits per heavy atom. The number of hydrogen-bond donors (Lipinski definition) is 1. The zero-order valence-electron chi connectivity index (χ0n) is 15.8. The number of benzene rings is 1. The van der Waals surface area contributed by atoms with Crippen LogP contribution in [0.15, 0.2) is 12.1 Å². The summed E-state index contributed by atoms with van der Waals surface area (Å²) in [5, 5.41) is 3.32. The van der Waals surface area contributed by atoms with Gasteiger partial charge in [-0.05, 0) is 26.8 Å². The second-order valence-electron chi connectivity index (χ2n) is 6.84. The van der Waals surface area contributed by atoms with Crippen molar-refractivity contribution in [2.24, 2.45) is 0 Å². The molecule has 0 radical (unpaired) electrons. The van der Waals surface area contributed by atoms with Crippen molar-refractivity contribution in [3.05, 3.63) is 17.7 Å². The van der Waals surface area contributed by atoms with E-state index in [2.05, 4.69) is 5.32 Å². The predicted molar refractivity (Wildman–Crippen MR) is 94.6 cm³/mol. The number of carbonyl (C=O) groups is 1. The molecule has 1 amide bonds. The maximum absolute atomic E-state index is 12.7. The molecule has 1 aliphatic heterocycles. The number of nitrogens with zero attached hydrogens (tertiary/aromatic N) is 1. The lowest BCUT2D eigenvalue weighted by molar-refractivity contribution is 0.0115. The van der Waals surface area contributed by atoms with Gasteiger partial charge in [-0.2, -0.15) is 0 Å². The molecule has 1 atom stereocenters. The standard InChI is InChI=1S/C18H28N2O5/c1-18(2,3)25-17(21)20-8-7-19-11-13(20)12-9-15(23-5)16(24-6)10-14(12)22-4/h9-10,13,19H,7-8,11H2,1-6H3/t13-/m1/s1. The molecule has 2 rings (SSSR count). The first-order valence-corrected chi connectivity index (χ1v) is 8.31. The van der Waals surface area contributed by atoms with E-state index in [-0.39, 0.29) is 12.1 Å². The van der Waals surface area contributed by atoms with Crippen LogP contribution in [0.1, 0.15) is 32.4 Å². The molecule has 0 aromatic heterocycles. The number of ether oxygens (including phenoxy) is 4. The summed E-state index contributed by atoms with van der Waals surface area (Å²) in [4.78, 5) is 14.4. The van der Waals surface area contributed by atoms with Crippen LogP contribution >= 0.6 is 0 Å². The second kappa shape index (κ2) is 7.82. The molecule has 0 aliphatic carbocycles. The normalized spacial score (nSPS) is 17.8. The third kappa shape index (κ3) is 4.48. The smallest absolute Gasteiger partial charge is 0.410 e. The van der Waals surface area contributed by atoms with E-state index in [4.69, 9.17) is 18.9 Å². The summed E-state index contributed by atoms with van der Waals surface area (Å²) < 4.78 is 21.8. The van der Waals surface area contributed by atoms with Gasteiger partial charge in [-0.3, -0.25) is 4.90 Å². The highest BCUT2D eigenvalue weighted by molar-refractivity contribution is 5.69. The van der Waals surface area contributed by atoms with Crippen LogP contribution in [0.4, 0.5) is 4.79 Å². The predicted octanol–water partition coefficient (Wildman–Crippen LogP) is 2.59. The van der Waals surface area contributed by atoms with Gasteiger partial charge in [0.2, 0.25) is 0 Å². The molecule has 0 saturated carbocycles. The molecule has 1 aliphatic rings. The van der Waals surface area contributed by atoms with Crippen molar-refractivity contribution in [1.29, 1.82) is 0 Å². The van der Waals surface area contributed by atoms with Gasteiger partial charge in [-0.1, -0.05) is 0 Å². The van der Waals surface area contributed by atoms with E-state index in [1.165, 1.54) is 0 Å². The molecule has 0 unspecified atom stereocenters. The summed E-state index contributed by atoms with van der Waals surface area (Å²) in [6.07, 6.45) is -0.337. The molecule has 1 N–H and O–H groups in total. The summed E-state index contributed by atoms with van der Waals surface area (Å²) in [6, 6.07) is 3.40. The maximum atomic E-state index is 12.7. The van der Waals surface area contributed by atoms with E-state index in [0.29, 0.717) is 36.9 Å². The van der Waals surface area contributed by atoms with E-state index < -0.39 is 5.60 Å². The first-order valence-electron chi connectivity index (χ1n) is 8.31. The first-order chi connectivity index (χ1) is 11.8. The SMILES string of the molecule is COc1cc(OC)c([C@H]2CNCCN2C(=O)OC(C)(C)C)cc1OC. The third-order valence-electron chi connectivity index (χ3n) is 3.97. The number of carbonyl (C=O) groups excluding carboxylic acids is 1. The Balaban J connectivity index is 2.40. The summed E-state index contributed by atoms with van der Waals surface area (Å²) in [6.45, 7) is 7.45. The number of amides is 1. The van der Waals surface area contributed by atoms with Crippen LogP contribution in [-0.4, -0.2) is 57.6 Å². The second-order valence-corrected chi connectivity index (χ2v) is 6.84. The van der Waals surface area contributed by atoms with Crippen molar-refractivity contribution >= 4 is 6.09 Å². The van der Waals surface area contributed by atoms with Crippen LogP contribution in [0.5, 0.6) is 17.2 Å². The minimum atomic E-state index is -0.547. The monoisotopic (exact) mass is 352 g/mol. The van der Waals surface area contributed by atoms with Gasteiger partial charge in [0.25, 0.3) is 0 Å². The van der Waals surface area contributed by atoms with E-state index >= 15 is 0 Å². The van der Waals surface area contributed by atoms with Crippen molar-refractivity contribution in [2.45, 2.75) is 32.4 Å². The van der Waals surface area contributed by atoms with Crippen molar-refractivity contribution in [1.82, 2.24) is 10.2 Å². The Labute approximate surface area is 149 Å². The summed E-state index contributed by atoms with van der Waals surface area (Å²) in [7, 11) is 4.75. The number of piperazine rings is 1. The summed E-state index contributed by atoms with van der Waals surface area (Å²) in [5.41, 5.74) is 0.298. The first kappa shape index (κ1) is 19.2. The quantitative estimate of drug-likeness (QED) is 0.898. The van der Waals surface area contributed by atoms with Gasteiger partial charge < -0.3 is 24.3 Å². The average molecular weight is 352 g/mol. The highest BCUT2D eigenvalue weighted by atomic mass is 16.6. The van der Waals surface area contributed by atoms with Crippen LogP contribution in [-0.2, 0) is 4.74 Å². The zero-order valence-corrected chi connectivity index (χ0v) is 15.8. The highest BCUT2D eigenvalue weighted by Gasteiger charge is 2.33. The van der Waals surface area contributed by atoms with Crippen LogP contribution in [0.25, 0.3) is 0 Å². The van der Waals surface area contributed by atoms with Gasteiger partial charge >= 0.3 is 6.09 Å². The van der Waals surface area contributed by atoms with Gasteiger partial charge in [0.1, 0.15) is 11.4 Å². The molecule has 1 aromatic carbocycles. The van der Waals surface area contributed by atoms with Crippen molar-refractivity contribution in [3.8, 4) is 17.2 Å². The van der Waals surface area contributed by atoms with Gasteiger partial charge in [0.05, 0.1) is 27.4 Å². The Hall–Kier alpha value is -2.15. The van der Waals surface area contributed by atoms with E-state index in [1.807, 2.05) is 26.8 Å². The molecule has 7 heteroatoms. The van der Waals surface area contributed by atoms with Gasteiger partial charge in [-0.15, -0.1) is 0 Å². The Morgan fingerprint density at radius 3 is 2.24 bits per heavy atom. The van der Waals surface area contributed by atoms with Crippen LogP contribution in [0, 0.1) is 0 Å². The minimum absolute atomic E-state index is 0.224. The fourth-order valence-electron chi connectivity index (χ4n) is 2.83. The molecule has 1 aromatic rings. The molecule has 1 heterocycles. The number of methoxy groups -OCH3 is 3. The minimum Gasteiger partial charge on any atom is -0.496 e. The zero-order chi connectivity index (χ0) is 18.6. The summed E-state index contributed by atoms with van der Waals surface area (Å²) in [5.74, 6) is 1.81. The van der Waals surface area contributed by atoms with Gasteiger partial charge in [-0.25, -0.2) is 4.79 Å². The Kier molecular flexibility index (Phi) is 6.00. The van der Waals surface area contributed by atoms with Crippen molar-refractivity contribution < 1.29 is 23.7 Å². The molecule has 7 nitrogen and oxygen atoms in total. The van der Waals surface area contributed by atoms with Crippen LogP contribution in [0.3, 0.4) is 0 Å². The van der Waals surface area contributed by atoms with E-state index in [9.17, 15) is 4.79 Å². The maximum Gasteiger partial charge on any atom is 0.410 e. The average Bonchev–Trinajstić information content (AvgIpc) is 2.59.